The van der Waals surface area contributed by atoms with Crippen LogP contribution in [0.5, 0.6) is 0 Å². The molecule has 0 amide bonds. The summed E-state index contributed by atoms with van der Waals surface area (Å²) in [6.45, 7) is 0. The lowest BCUT2D eigenvalue weighted by Gasteiger charge is -2.11. The van der Waals surface area contributed by atoms with Crippen molar-refractivity contribution in [3.8, 4) is 78.7 Å². The Labute approximate surface area is 326 Å². The maximum Gasteiger partial charge on any atom is 0.164 e. The monoisotopic (exact) mass is 713 g/mol. The number of nitrogens with zero attached hydrogens (tertiary/aromatic N) is 3. The fourth-order valence-corrected chi connectivity index (χ4v) is 7.46. The molecule has 0 saturated carbocycles. The molecular weight excluding hydrogens is 679 g/mol. The van der Waals surface area contributed by atoms with Crippen LogP contribution in [0.25, 0.3) is 100 Å². The second-order valence-electron chi connectivity index (χ2n) is 14.1. The van der Waals surface area contributed by atoms with Gasteiger partial charge in [-0.15, -0.1) is 0 Å². The van der Waals surface area contributed by atoms with E-state index in [1.54, 1.807) is 0 Å². The molecule has 0 N–H and O–H groups in total. The van der Waals surface area contributed by atoms with Gasteiger partial charge in [0.25, 0.3) is 0 Å². The zero-order valence-corrected chi connectivity index (χ0v) is 30.5. The highest BCUT2D eigenvalue weighted by atomic mass is 15.0. The molecule has 1 aromatic heterocycles. The molecule has 0 spiro atoms. The minimum Gasteiger partial charge on any atom is -0.208 e. The van der Waals surface area contributed by atoms with Crippen LogP contribution >= 0.6 is 0 Å². The highest BCUT2D eigenvalue weighted by molar-refractivity contribution is 5.93. The molecule has 0 aliphatic heterocycles. The highest BCUT2D eigenvalue weighted by Gasteiger charge is 2.14. The maximum atomic E-state index is 5.09. The fourth-order valence-electron chi connectivity index (χ4n) is 7.46. The molecule has 10 rings (SSSR count). The normalized spacial score (nSPS) is 11.2. The van der Waals surface area contributed by atoms with Crippen molar-refractivity contribution in [2.75, 3.05) is 0 Å². The Bertz CT molecular complexity index is 2890. The number of rotatable bonds is 7. The Morgan fingerprint density at radius 2 is 0.482 bits per heavy atom. The number of benzene rings is 9. The molecule has 0 saturated heterocycles. The topological polar surface area (TPSA) is 38.7 Å². The Hall–Kier alpha value is -7.49. The molecule has 0 unspecified atom stereocenters. The molecule has 0 fully saturated rings. The van der Waals surface area contributed by atoms with Crippen LogP contribution in [0.1, 0.15) is 0 Å². The first kappa shape index (κ1) is 33.1. The van der Waals surface area contributed by atoms with Crippen LogP contribution in [0.4, 0.5) is 0 Å². The summed E-state index contributed by atoms with van der Waals surface area (Å²) in [5.74, 6) is 1.90. The van der Waals surface area contributed by atoms with Gasteiger partial charge in [-0.2, -0.15) is 0 Å². The van der Waals surface area contributed by atoms with Crippen LogP contribution in [0.15, 0.2) is 212 Å². The number of hydrogen-bond acceptors (Lipinski definition) is 3. The van der Waals surface area contributed by atoms with E-state index in [-0.39, 0.29) is 0 Å². The summed E-state index contributed by atoms with van der Waals surface area (Å²) >= 11 is 0. The zero-order valence-electron chi connectivity index (χ0n) is 30.5. The standard InChI is InChI=1S/C53H35N3/c1-3-10-36(11-4-1)39-18-23-41(24-19-39)51-54-52(42-25-20-40(21-26-42)37-12-5-2-6-13-37)56-53(55-51)50-17-9-16-44(35-50)45-28-29-49-34-48(31-30-47(49)33-45)46-27-22-38-14-7-8-15-43(38)32-46/h1-35H. The summed E-state index contributed by atoms with van der Waals surface area (Å²) in [6.07, 6.45) is 0. The van der Waals surface area contributed by atoms with Gasteiger partial charge in [0.15, 0.2) is 17.5 Å². The van der Waals surface area contributed by atoms with E-state index in [1.807, 2.05) is 12.1 Å². The minimum atomic E-state index is 0.631. The predicted molar refractivity (Wildman–Crippen MR) is 233 cm³/mol. The third-order valence-electron chi connectivity index (χ3n) is 10.5. The Kier molecular flexibility index (Phi) is 8.51. The zero-order chi connectivity index (χ0) is 37.3. The smallest absolute Gasteiger partial charge is 0.164 e. The van der Waals surface area contributed by atoms with Gasteiger partial charge in [0.2, 0.25) is 0 Å². The molecule has 9 aromatic carbocycles. The summed E-state index contributed by atoms with van der Waals surface area (Å²) in [5, 5.41) is 4.90. The van der Waals surface area contributed by atoms with Crippen molar-refractivity contribution in [2.45, 2.75) is 0 Å². The lowest BCUT2D eigenvalue weighted by molar-refractivity contribution is 1.07. The van der Waals surface area contributed by atoms with Gasteiger partial charge >= 0.3 is 0 Å². The molecule has 3 heteroatoms. The van der Waals surface area contributed by atoms with Crippen molar-refractivity contribution in [1.29, 1.82) is 0 Å². The highest BCUT2D eigenvalue weighted by Crippen LogP contribution is 2.33. The SMILES string of the molecule is c1ccc(-c2ccc(-c3nc(-c4ccc(-c5ccccc5)cc4)nc(-c4cccc(-c5ccc6cc(-c7ccc8ccccc8c7)ccc6c5)c4)n3)cc2)cc1. The van der Waals surface area contributed by atoms with E-state index < -0.39 is 0 Å². The first-order valence-electron chi connectivity index (χ1n) is 18.9. The van der Waals surface area contributed by atoms with Crippen LogP contribution in [0, 0.1) is 0 Å². The molecule has 0 bridgehead atoms. The molecule has 3 nitrogen and oxygen atoms in total. The van der Waals surface area contributed by atoms with E-state index in [0.29, 0.717) is 17.5 Å². The second-order valence-corrected chi connectivity index (χ2v) is 14.1. The Morgan fingerprint density at radius 1 is 0.179 bits per heavy atom. The lowest BCUT2D eigenvalue weighted by Crippen LogP contribution is -2.00. The predicted octanol–water partition coefficient (Wildman–Crippen LogP) is 13.8. The second kappa shape index (κ2) is 14.4. The lowest BCUT2D eigenvalue weighted by atomic mass is 9.96. The van der Waals surface area contributed by atoms with E-state index >= 15 is 0 Å². The minimum absolute atomic E-state index is 0.631. The summed E-state index contributed by atoms with van der Waals surface area (Å²) in [4.78, 5) is 15.2. The summed E-state index contributed by atoms with van der Waals surface area (Å²) in [6, 6.07) is 74.9. The third kappa shape index (κ3) is 6.63. The van der Waals surface area contributed by atoms with Crippen molar-refractivity contribution < 1.29 is 0 Å². The van der Waals surface area contributed by atoms with Gasteiger partial charge < -0.3 is 0 Å². The van der Waals surface area contributed by atoms with E-state index in [1.165, 1.54) is 43.8 Å². The van der Waals surface area contributed by atoms with E-state index in [2.05, 4.69) is 200 Å². The van der Waals surface area contributed by atoms with Gasteiger partial charge in [-0.3, -0.25) is 0 Å². The number of aromatic nitrogens is 3. The van der Waals surface area contributed by atoms with Gasteiger partial charge in [0.1, 0.15) is 0 Å². The average Bonchev–Trinajstić information content (AvgIpc) is 3.29. The van der Waals surface area contributed by atoms with Crippen molar-refractivity contribution in [3.63, 3.8) is 0 Å². The van der Waals surface area contributed by atoms with E-state index in [0.717, 1.165) is 38.9 Å². The van der Waals surface area contributed by atoms with Crippen molar-refractivity contribution in [3.05, 3.63) is 212 Å². The maximum absolute atomic E-state index is 5.09. The van der Waals surface area contributed by atoms with Crippen LogP contribution in [0.2, 0.25) is 0 Å². The Morgan fingerprint density at radius 3 is 0.982 bits per heavy atom. The first-order chi connectivity index (χ1) is 27.7. The summed E-state index contributed by atoms with van der Waals surface area (Å²) in [5.41, 5.74) is 12.1. The van der Waals surface area contributed by atoms with E-state index in [9.17, 15) is 0 Å². The molecule has 1 heterocycles. The Balaban J connectivity index is 1.01. The molecule has 0 aliphatic carbocycles. The molecule has 0 aliphatic rings. The largest absolute Gasteiger partial charge is 0.208 e. The average molecular weight is 714 g/mol. The van der Waals surface area contributed by atoms with Gasteiger partial charge in [-0.25, -0.2) is 15.0 Å². The third-order valence-corrected chi connectivity index (χ3v) is 10.5. The van der Waals surface area contributed by atoms with Crippen molar-refractivity contribution in [1.82, 2.24) is 15.0 Å². The van der Waals surface area contributed by atoms with Gasteiger partial charge in [-0.05, 0) is 90.3 Å². The number of hydrogen-bond donors (Lipinski definition) is 0. The van der Waals surface area contributed by atoms with Crippen molar-refractivity contribution in [2.24, 2.45) is 0 Å². The quantitative estimate of drug-likeness (QED) is 0.165. The van der Waals surface area contributed by atoms with Gasteiger partial charge in [0.05, 0.1) is 0 Å². The van der Waals surface area contributed by atoms with Gasteiger partial charge in [-0.1, -0.05) is 188 Å². The fraction of sp³-hybridized carbons (Fsp3) is 0. The van der Waals surface area contributed by atoms with Crippen LogP contribution in [-0.2, 0) is 0 Å². The molecule has 262 valence electrons. The van der Waals surface area contributed by atoms with Crippen LogP contribution < -0.4 is 0 Å². The molecule has 0 radical (unpaired) electrons. The van der Waals surface area contributed by atoms with Gasteiger partial charge in [0, 0.05) is 16.7 Å². The molecule has 10 aromatic rings. The molecule has 56 heavy (non-hydrogen) atoms. The summed E-state index contributed by atoms with van der Waals surface area (Å²) in [7, 11) is 0. The van der Waals surface area contributed by atoms with Crippen LogP contribution in [0.3, 0.4) is 0 Å². The molecule has 0 atom stereocenters. The first-order valence-corrected chi connectivity index (χ1v) is 18.9. The summed E-state index contributed by atoms with van der Waals surface area (Å²) < 4.78 is 0. The van der Waals surface area contributed by atoms with Crippen molar-refractivity contribution >= 4 is 21.5 Å². The molecular formula is C53H35N3. The van der Waals surface area contributed by atoms with E-state index in [4.69, 9.17) is 15.0 Å². The number of fused-ring (bicyclic) bond motifs is 2. The van der Waals surface area contributed by atoms with Crippen LogP contribution in [-0.4, -0.2) is 15.0 Å².